The van der Waals surface area contributed by atoms with Crippen LogP contribution in [0.3, 0.4) is 0 Å². The van der Waals surface area contributed by atoms with Crippen LogP contribution in [0.2, 0.25) is 0 Å². The number of fused-ring (bicyclic) bond motifs is 1. The number of amides is 1. The lowest BCUT2D eigenvalue weighted by atomic mass is 10.0. The monoisotopic (exact) mass is 891 g/mol. The summed E-state index contributed by atoms with van der Waals surface area (Å²) in [6.45, 7) is 3.85. The number of pyridine rings is 1. The molecule has 17 heteroatoms. The Labute approximate surface area is 376 Å². The Morgan fingerprint density at radius 3 is 2.15 bits per heavy atom. The van der Waals surface area contributed by atoms with Gasteiger partial charge in [0, 0.05) is 61.4 Å². The zero-order valence-electron chi connectivity index (χ0n) is 37.1. The second-order valence-electron chi connectivity index (χ2n) is 15.4. The topological polar surface area (TPSA) is 175 Å². The molecule has 16 nitrogen and oxygen atoms in total. The Hall–Kier alpha value is -6.98. The van der Waals surface area contributed by atoms with Crippen LogP contribution in [-0.2, 0) is 24.4 Å². The van der Waals surface area contributed by atoms with Gasteiger partial charge in [0.15, 0.2) is 11.5 Å². The van der Waals surface area contributed by atoms with Gasteiger partial charge < -0.3 is 48.4 Å². The maximum Gasteiger partial charge on any atom is 0.407 e. The standard InChI is InChI=1S/C48H54FN7O9/c1-6-10-35(21-24-64-30-31-11-8-7-9-12-31)65-47-52-46(55(28-33-13-15-36(60-2)25-41(33)62-4)29-34-14-16-37(61-3)26-42(34)63-5)45-50-27-40(56(45)53-47)43(57)38-17-18-39(51-44(38)49)32-19-22-54(23-20-32)48(58)59/h7-9,11-19,25-27,35,43,57H,6,10,20-24,28-30H2,1-5H3,(H,58,59). The fourth-order valence-corrected chi connectivity index (χ4v) is 7.67. The van der Waals surface area contributed by atoms with Gasteiger partial charge in [-0.15, -0.1) is 5.10 Å². The molecule has 2 atom stereocenters. The zero-order chi connectivity index (χ0) is 45.9. The van der Waals surface area contributed by atoms with Crippen molar-refractivity contribution in [2.24, 2.45) is 0 Å². The fraction of sp³-hybridized carbons (Fsp3) is 0.354. The molecule has 7 rings (SSSR count). The van der Waals surface area contributed by atoms with Crippen molar-refractivity contribution in [1.82, 2.24) is 29.5 Å². The molecule has 1 amide bonds. The van der Waals surface area contributed by atoms with E-state index in [0.717, 1.165) is 23.1 Å². The predicted octanol–water partition coefficient (Wildman–Crippen LogP) is 7.90. The Morgan fingerprint density at radius 1 is 0.877 bits per heavy atom. The van der Waals surface area contributed by atoms with Crippen LogP contribution in [0, 0.1) is 5.95 Å². The molecule has 0 spiro atoms. The second-order valence-corrected chi connectivity index (χ2v) is 15.4. The normalized spacial score (nSPS) is 13.5. The molecule has 0 fully saturated rings. The molecular weight excluding hydrogens is 838 g/mol. The van der Waals surface area contributed by atoms with E-state index >= 15 is 4.39 Å². The molecule has 1 aliphatic heterocycles. The first-order valence-electron chi connectivity index (χ1n) is 21.3. The Kier molecular flexibility index (Phi) is 15.3. The molecule has 0 saturated carbocycles. The molecule has 0 saturated heterocycles. The lowest BCUT2D eigenvalue weighted by Crippen LogP contribution is -2.33. The number of halogens is 1. The number of hydrogen-bond acceptors (Lipinski definition) is 13. The van der Waals surface area contributed by atoms with Crippen molar-refractivity contribution in [2.45, 2.75) is 64.5 Å². The molecule has 3 aromatic carbocycles. The van der Waals surface area contributed by atoms with Crippen molar-refractivity contribution < 1.29 is 47.8 Å². The van der Waals surface area contributed by atoms with Crippen LogP contribution in [0.1, 0.15) is 72.4 Å². The maximum atomic E-state index is 16.0. The number of anilines is 1. The van der Waals surface area contributed by atoms with E-state index in [0.29, 0.717) is 72.6 Å². The van der Waals surface area contributed by atoms with Crippen LogP contribution >= 0.6 is 0 Å². The lowest BCUT2D eigenvalue weighted by Gasteiger charge is -2.27. The summed E-state index contributed by atoms with van der Waals surface area (Å²) in [5, 5.41) is 26.1. The predicted molar refractivity (Wildman–Crippen MR) is 240 cm³/mol. The largest absolute Gasteiger partial charge is 0.497 e. The van der Waals surface area contributed by atoms with Crippen LogP contribution in [-0.4, -0.2) is 100 Å². The molecule has 0 aliphatic carbocycles. The highest BCUT2D eigenvalue weighted by Crippen LogP contribution is 2.35. The number of hydrogen-bond donors (Lipinski definition) is 2. The van der Waals surface area contributed by atoms with E-state index in [1.807, 2.05) is 59.5 Å². The summed E-state index contributed by atoms with van der Waals surface area (Å²) >= 11 is 0. The smallest absolute Gasteiger partial charge is 0.407 e. The van der Waals surface area contributed by atoms with Crippen molar-refractivity contribution in [3.63, 3.8) is 0 Å². The van der Waals surface area contributed by atoms with E-state index < -0.39 is 18.1 Å². The molecule has 1 aliphatic rings. The average molecular weight is 892 g/mol. The Morgan fingerprint density at radius 2 is 1.57 bits per heavy atom. The number of imidazole rings is 1. The number of nitrogens with zero attached hydrogens (tertiary/aromatic N) is 7. The molecular formula is C48H54FN7O9. The number of benzene rings is 3. The minimum absolute atomic E-state index is 0.00226. The first-order valence-corrected chi connectivity index (χ1v) is 21.3. The fourth-order valence-electron chi connectivity index (χ4n) is 7.67. The van der Waals surface area contributed by atoms with Crippen molar-refractivity contribution in [3.05, 3.63) is 131 Å². The molecule has 0 radical (unpaired) electrons. The first kappa shape index (κ1) is 46.0. The number of rotatable bonds is 21. The van der Waals surface area contributed by atoms with Crippen LogP contribution in [0.15, 0.2) is 91.1 Å². The molecule has 342 valence electrons. The minimum Gasteiger partial charge on any atom is -0.497 e. The van der Waals surface area contributed by atoms with E-state index in [4.69, 9.17) is 43.5 Å². The van der Waals surface area contributed by atoms with E-state index in [1.165, 1.54) is 21.7 Å². The van der Waals surface area contributed by atoms with Gasteiger partial charge >= 0.3 is 12.1 Å². The van der Waals surface area contributed by atoms with E-state index in [2.05, 4.69) is 11.9 Å². The van der Waals surface area contributed by atoms with Crippen molar-refractivity contribution in [2.75, 3.05) is 53.0 Å². The summed E-state index contributed by atoms with van der Waals surface area (Å²) in [6.07, 6.45) is 2.61. The third-order valence-electron chi connectivity index (χ3n) is 11.2. The number of ether oxygens (including phenoxy) is 6. The molecule has 2 unspecified atom stereocenters. The Bertz CT molecular complexity index is 2530. The van der Waals surface area contributed by atoms with Gasteiger partial charge in [0.25, 0.3) is 0 Å². The van der Waals surface area contributed by atoms with Gasteiger partial charge in [-0.25, -0.2) is 19.3 Å². The van der Waals surface area contributed by atoms with E-state index in [1.54, 1.807) is 52.7 Å². The SMILES string of the molecule is CCCC(CCOCc1ccccc1)Oc1nc(N(Cc2ccc(OC)cc2OC)Cc2ccc(OC)cc2OC)c2ncc(C(O)c3ccc(C4=CCN(C(=O)O)CC4)nc3F)n2n1. The number of carboxylic acid groups (broad SMARTS) is 1. The summed E-state index contributed by atoms with van der Waals surface area (Å²) < 4.78 is 52.8. The number of aliphatic hydroxyl groups is 1. The van der Waals surface area contributed by atoms with Crippen LogP contribution in [0.4, 0.5) is 15.0 Å². The molecule has 3 aromatic heterocycles. The van der Waals surface area contributed by atoms with Gasteiger partial charge in [0.05, 0.1) is 59.2 Å². The van der Waals surface area contributed by atoms with Crippen molar-refractivity contribution in [1.29, 1.82) is 0 Å². The van der Waals surface area contributed by atoms with Gasteiger partial charge in [0.2, 0.25) is 5.95 Å². The maximum absolute atomic E-state index is 16.0. The molecule has 2 N–H and O–H groups in total. The van der Waals surface area contributed by atoms with Crippen LogP contribution in [0.25, 0.3) is 11.2 Å². The lowest BCUT2D eigenvalue weighted by molar-refractivity contribution is 0.0749. The number of carbonyl (C=O) groups is 1. The van der Waals surface area contributed by atoms with Crippen LogP contribution in [0.5, 0.6) is 29.0 Å². The van der Waals surface area contributed by atoms with Crippen LogP contribution < -0.4 is 28.6 Å². The number of aromatic nitrogens is 5. The highest BCUT2D eigenvalue weighted by molar-refractivity contribution is 5.70. The summed E-state index contributed by atoms with van der Waals surface area (Å²) in [5.74, 6) is 1.83. The molecule has 4 heterocycles. The third kappa shape index (κ3) is 11.0. The third-order valence-corrected chi connectivity index (χ3v) is 11.2. The van der Waals surface area contributed by atoms with E-state index in [-0.39, 0.29) is 55.2 Å². The number of methoxy groups -OCH3 is 4. The van der Waals surface area contributed by atoms with E-state index in [9.17, 15) is 15.0 Å². The number of aliphatic hydroxyl groups excluding tert-OH is 1. The molecule has 65 heavy (non-hydrogen) atoms. The van der Waals surface area contributed by atoms with Gasteiger partial charge in [-0.3, -0.25) is 0 Å². The molecule has 0 bridgehead atoms. The summed E-state index contributed by atoms with van der Waals surface area (Å²) in [4.78, 5) is 28.7. The van der Waals surface area contributed by atoms with Crippen molar-refractivity contribution in [3.8, 4) is 29.0 Å². The quantitative estimate of drug-likeness (QED) is 0.0527. The first-order chi connectivity index (χ1) is 31.6. The minimum atomic E-state index is -1.57. The second kappa shape index (κ2) is 21.6. The summed E-state index contributed by atoms with van der Waals surface area (Å²) in [6, 6.07) is 24.1. The van der Waals surface area contributed by atoms with Gasteiger partial charge in [-0.2, -0.15) is 9.37 Å². The Balaban J connectivity index is 1.30. The molecule has 6 aromatic rings. The average Bonchev–Trinajstić information content (AvgIpc) is 3.76. The summed E-state index contributed by atoms with van der Waals surface area (Å²) in [7, 11) is 6.34. The summed E-state index contributed by atoms with van der Waals surface area (Å²) in [5.41, 5.74) is 4.01. The zero-order valence-corrected chi connectivity index (χ0v) is 37.1. The van der Waals surface area contributed by atoms with Gasteiger partial charge in [0.1, 0.15) is 35.2 Å². The highest BCUT2D eigenvalue weighted by atomic mass is 19.1. The van der Waals surface area contributed by atoms with Gasteiger partial charge in [-0.1, -0.05) is 49.8 Å². The van der Waals surface area contributed by atoms with Gasteiger partial charge in [-0.05, 0) is 60.4 Å². The van der Waals surface area contributed by atoms with Crippen molar-refractivity contribution >= 4 is 23.1 Å². The highest BCUT2D eigenvalue weighted by Gasteiger charge is 2.28.